The molecule has 2 N–H and O–H groups in total. The summed E-state index contributed by atoms with van der Waals surface area (Å²) in [5.74, 6) is 1.71. The number of para-hydroxylation sites is 1. The van der Waals surface area contributed by atoms with Crippen molar-refractivity contribution in [3.8, 4) is 0 Å². The van der Waals surface area contributed by atoms with Gasteiger partial charge in [0.2, 0.25) is 5.95 Å². The Morgan fingerprint density at radius 2 is 1.76 bits per heavy atom. The molecular formula is C27H29N5OS. The summed E-state index contributed by atoms with van der Waals surface area (Å²) < 4.78 is 1.16. The highest BCUT2D eigenvalue weighted by Crippen LogP contribution is 2.57. The number of aromatic nitrogens is 2. The third-order valence-corrected chi connectivity index (χ3v) is 8.51. The van der Waals surface area contributed by atoms with Crippen molar-refractivity contribution in [2.45, 2.75) is 44.2 Å². The fourth-order valence-corrected chi connectivity index (χ4v) is 6.42. The van der Waals surface area contributed by atoms with E-state index in [2.05, 4.69) is 22.8 Å². The summed E-state index contributed by atoms with van der Waals surface area (Å²) in [6.45, 7) is 0. The van der Waals surface area contributed by atoms with Gasteiger partial charge >= 0.3 is 0 Å². The van der Waals surface area contributed by atoms with Crippen LogP contribution in [0, 0.1) is 5.41 Å². The SMILES string of the molecule is CN(C)c1nc(NC2CC23CCC(NC(=O)c2csc4ccccc24)CC3)nc2ccccc12. The number of hydrogen-bond donors (Lipinski definition) is 2. The smallest absolute Gasteiger partial charge is 0.252 e. The Bertz CT molecular complexity index is 1370. The number of carbonyl (C=O) groups excluding carboxylic acids is 1. The molecule has 6 rings (SSSR count). The van der Waals surface area contributed by atoms with E-state index in [4.69, 9.17) is 9.97 Å². The molecule has 2 aromatic heterocycles. The number of hydrogen-bond acceptors (Lipinski definition) is 6. The molecule has 0 radical (unpaired) electrons. The monoisotopic (exact) mass is 471 g/mol. The van der Waals surface area contributed by atoms with Crippen LogP contribution in [0.15, 0.2) is 53.9 Å². The van der Waals surface area contributed by atoms with Gasteiger partial charge in [0.05, 0.1) is 11.1 Å². The van der Waals surface area contributed by atoms with Crippen LogP contribution in [0.3, 0.4) is 0 Å². The molecule has 6 nitrogen and oxygen atoms in total. The van der Waals surface area contributed by atoms with Crippen LogP contribution in [0.1, 0.15) is 42.5 Å². The number of anilines is 2. The maximum atomic E-state index is 12.9. The maximum Gasteiger partial charge on any atom is 0.252 e. The van der Waals surface area contributed by atoms with Crippen LogP contribution in [-0.4, -0.2) is 42.1 Å². The second-order valence-electron chi connectivity index (χ2n) is 9.94. The number of nitrogens with zero attached hydrogens (tertiary/aromatic N) is 3. The summed E-state index contributed by atoms with van der Waals surface area (Å²) in [6.07, 6.45) is 5.43. The van der Waals surface area contributed by atoms with Crippen molar-refractivity contribution in [3.63, 3.8) is 0 Å². The zero-order chi connectivity index (χ0) is 23.3. The molecule has 2 aliphatic rings. The lowest BCUT2D eigenvalue weighted by Crippen LogP contribution is -2.38. The van der Waals surface area contributed by atoms with E-state index in [0.717, 1.165) is 64.5 Å². The number of rotatable bonds is 5. The van der Waals surface area contributed by atoms with Gasteiger partial charge in [-0.2, -0.15) is 4.98 Å². The third-order valence-electron chi connectivity index (χ3n) is 7.54. The maximum absolute atomic E-state index is 12.9. The Morgan fingerprint density at radius 1 is 1.03 bits per heavy atom. The lowest BCUT2D eigenvalue weighted by molar-refractivity contribution is 0.0921. The first-order valence-electron chi connectivity index (χ1n) is 12.0. The van der Waals surface area contributed by atoms with E-state index in [1.165, 1.54) is 0 Å². The minimum atomic E-state index is 0.0599. The Morgan fingerprint density at radius 3 is 2.56 bits per heavy atom. The number of amides is 1. The summed E-state index contributed by atoms with van der Waals surface area (Å²) in [4.78, 5) is 24.6. The fraction of sp³-hybridized carbons (Fsp3) is 0.370. The van der Waals surface area contributed by atoms with Gasteiger partial charge in [0.1, 0.15) is 5.82 Å². The van der Waals surface area contributed by atoms with Gasteiger partial charge in [-0.1, -0.05) is 30.3 Å². The van der Waals surface area contributed by atoms with Crippen LogP contribution < -0.4 is 15.5 Å². The predicted octanol–water partition coefficient (Wildman–Crippen LogP) is 5.45. The predicted molar refractivity (Wildman–Crippen MR) is 140 cm³/mol. The van der Waals surface area contributed by atoms with E-state index in [-0.39, 0.29) is 11.9 Å². The van der Waals surface area contributed by atoms with Gasteiger partial charge in [-0.3, -0.25) is 4.79 Å². The first-order chi connectivity index (χ1) is 16.5. The van der Waals surface area contributed by atoms with Crippen LogP contribution in [0.2, 0.25) is 0 Å². The molecule has 174 valence electrons. The molecule has 1 amide bonds. The van der Waals surface area contributed by atoms with E-state index in [1.807, 2.05) is 60.8 Å². The molecule has 2 saturated carbocycles. The largest absolute Gasteiger partial charge is 0.362 e. The van der Waals surface area contributed by atoms with Crippen molar-refractivity contribution in [2.75, 3.05) is 24.3 Å². The van der Waals surface area contributed by atoms with Crippen LogP contribution in [0.5, 0.6) is 0 Å². The average molecular weight is 472 g/mol. The highest BCUT2D eigenvalue weighted by Gasteiger charge is 2.55. The third kappa shape index (κ3) is 3.78. The number of fused-ring (bicyclic) bond motifs is 2. The van der Waals surface area contributed by atoms with Crippen molar-refractivity contribution in [3.05, 3.63) is 59.5 Å². The topological polar surface area (TPSA) is 70.2 Å². The first kappa shape index (κ1) is 21.4. The van der Waals surface area contributed by atoms with Crippen LogP contribution in [0.25, 0.3) is 21.0 Å². The fourth-order valence-electron chi connectivity index (χ4n) is 5.48. The zero-order valence-electron chi connectivity index (χ0n) is 19.5. The van der Waals surface area contributed by atoms with Gasteiger partial charge in [-0.05, 0) is 55.7 Å². The molecule has 7 heteroatoms. The number of thiophene rings is 1. The summed E-state index contributed by atoms with van der Waals surface area (Å²) in [7, 11) is 4.04. The van der Waals surface area contributed by atoms with Crippen LogP contribution in [-0.2, 0) is 0 Å². The Labute approximate surface area is 203 Å². The summed E-state index contributed by atoms with van der Waals surface area (Å²) in [5.41, 5.74) is 2.08. The lowest BCUT2D eigenvalue weighted by Gasteiger charge is -2.30. The number of benzene rings is 2. The standard InChI is InChI=1S/C27H29N5OS/c1-32(2)24-19-8-3-5-9-21(19)29-26(31-24)30-23-15-27(23)13-11-17(12-14-27)28-25(33)20-16-34-22-10-6-4-7-18(20)22/h3-10,16-17,23H,11-15H2,1-2H3,(H,28,33)(H,29,30,31). The molecule has 0 bridgehead atoms. The van der Waals surface area contributed by atoms with Crippen molar-refractivity contribution < 1.29 is 4.79 Å². The van der Waals surface area contributed by atoms with Gasteiger partial charge in [0.25, 0.3) is 5.91 Å². The minimum absolute atomic E-state index is 0.0599. The normalized spacial score (nSPS) is 23.8. The molecule has 1 spiro atoms. The molecule has 1 atom stereocenters. The van der Waals surface area contributed by atoms with Gasteiger partial charge in [-0.25, -0.2) is 4.98 Å². The van der Waals surface area contributed by atoms with Crippen molar-refractivity contribution in [1.82, 2.24) is 15.3 Å². The van der Waals surface area contributed by atoms with E-state index in [9.17, 15) is 4.79 Å². The van der Waals surface area contributed by atoms with Crippen molar-refractivity contribution >= 4 is 50.0 Å². The van der Waals surface area contributed by atoms with Gasteiger partial charge in [0.15, 0.2) is 0 Å². The van der Waals surface area contributed by atoms with Crippen molar-refractivity contribution in [1.29, 1.82) is 0 Å². The van der Waals surface area contributed by atoms with E-state index in [0.29, 0.717) is 17.4 Å². The van der Waals surface area contributed by atoms with Gasteiger partial charge < -0.3 is 15.5 Å². The molecule has 1 unspecified atom stereocenters. The Kier molecular flexibility index (Phi) is 5.17. The molecule has 2 heterocycles. The van der Waals surface area contributed by atoms with E-state index >= 15 is 0 Å². The lowest BCUT2D eigenvalue weighted by atomic mass is 9.82. The van der Waals surface area contributed by atoms with Gasteiger partial charge in [0, 0.05) is 47.0 Å². The van der Waals surface area contributed by atoms with Crippen LogP contribution >= 0.6 is 11.3 Å². The highest BCUT2D eigenvalue weighted by molar-refractivity contribution is 7.17. The molecule has 34 heavy (non-hydrogen) atoms. The Hall–Kier alpha value is -3.19. The second-order valence-corrected chi connectivity index (χ2v) is 10.9. The van der Waals surface area contributed by atoms with Crippen LogP contribution in [0.4, 0.5) is 11.8 Å². The molecule has 0 saturated heterocycles. The average Bonchev–Trinajstić information content (AvgIpc) is 3.30. The molecule has 2 aromatic carbocycles. The Balaban J connectivity index is 1.09. The highest BCUT2D eigenvalue weighted by atomic mass is 32.1. The quantitative estimate of drug-likeness (QED) is 0.405. The molecular weight excluding hydrogens is 442 g/mol. The first-order valence-corrected chi connectivity index (χ1v) is 12.9. The second kappa shape index (κ2) is 8.24. The molecule has 0 aliphatic heterocycles. The summed E-state index contributed by atoms with van der Waals surface area (Å²) in [6, 6.07) is 16.9. The molecule has 2 fully saturated rings. The van der Waals surface area contributed by atoms with E-state index in [1.54, 1.807) is 11.3 Å². The minimum Gasteiger partial charge on any atom is -0.362 e. The van der Waals surface area contributed by atoms with Crippen molar-refractivity contribution in [2.24, 2.45) is 5.41 Å². The zero-order valence-corrected chi connectivity index (χ0v) is 20.4. The summed E-state index contributed by atoms with van der Waals surface area (Å²) in [5, 5.41) is 11.0. The molecule has 4 aromatic rings. The van der Waals surface area contributed by atoms with Gasteiger partial charge in [-0.15, -0.1) is 11.3 Å². The molecule has 2 aliphatic carbocycles. The summed E-state index contributed by atoms with van der Waals surface area (Å²) >= 11 is 1.63. The number of carbonyl (C=O) groups is 1. The van der Waals surface area contributed by atoms with E-state index < -0.39 is 0 Å². The number of nitrogens with one attached hydrogen (secondary N) is 2.